The maximum atomic E-state index is 12.5. The highest BCUT2D eigenvalue weighted by atomic mass is 16.5. The Bertz CT molecular complexity index is 428. The highest BCUT2D eigenvalue weighted by Gasteiger charge is 2.33. The molecule has 0 spiro atoms. The lowest BCUT2D eigenvalue weighted by molar-refractivity contribution is -0.137. The first kappa shape index (κ1) is 20.1. The number of amides is 3. The van der Waals surface area contributed by atoms with Gasteiger partial charge in [0.05, 0.1) is 0 Å². The van der Waals surface area contributed by atoms with E-state index in [9.17, 15) is 14.4 Å². The van der Waals surface area contributed by atoms with E-state index in [0.29, 0.717) is 26.0 Å². The molecular weight excluding hydrogens is 288 g/mol. The fourth-order valence-electron chi connectivity index (χ4n) is 1.80. The summed E-state index contributed by atoms with van der Waals surface area (Å²) in [5.41, 5.74) is -0.0205. The number of carbonyl (C=O) groups excluding carboxylic acids is 2. The van der Waals surface area contributed by atoms with Crippen LogP contribution in [0.1, 0.15) is 41.0 Å². The predicted octanol–water partition coefficient (Wildman–Crippen LogP) is 2.08. The first-order chi connectivity index (χ1) is 10.2. The highest BCUT2D eigenvalue weighted by Crippen LogP contribution is 2.20. The van der Waals surface area contributed by atoms with Crippen molar-refractivity contribution in [1.29, 1.82) is 0 Å². The molecule has 7 nitrogen and oxygen atoms in total. The van der Waals surface area contributed by atoms with Crippen LogP contribution in [0.5, 0.6) is 0 Å². The van der Waals surface area contributed by atoms with E-state index in [2.05, 4.69) is 0 Å². The number of imide groups is 1. The molecular formula is C15H26N2O5. The second kappa shape index (κ2) is 9.19. The predicted molar refractivity (Wildman–Crippen MR) is 82.3 cm³/mol. The van der Waals surface area contributed by atoms with Crippen molar-refractivity contribution in [2.45, 2.75) is 46.6 Å². The monoisotopic (exact) mass is 314 g/mol. The fourth-order valence-corrected chi connectivity index (χ4v) is 1.80. The number of urea groups is 1. The minimum Gasteiger partial charge on any atom is -0.480 e. The number of rotatable bonds is 9. The Morgan fingerprint density at radius 2 is 1.86 bits per heavy atom. The summed E-state index contributed by atoms with van der Waals surface area (Å²) in [6.07, 6.45) is 2.31. The second-order valence-electron chi connectivity index (χ2n) is 5.75. The number of ether oxygens (including phenoxy) is 1. The number of carboxylic acid groups (broad SMARTS) is 1. The molecule has 3 amide bonds. The Kier molecular flexibility index (Phi) is 8.40. The molecule has 0 atom stereocenters. The van der Waals surface area contributed by atoms with Gasteiger partial charge in [0.25, 0.3) is 0 Å². The maximum Gasteiger partial charge on any atom is 0.331 e. The molecule has 0 unspecified atom stereocenters. The molecule has 1 N–H and O–H groups in total. The van der Waals surface area contributed by atoms with E-state index in [-0.39, 0.29) is 0 Å². The standard InChI is InChI=1S/C15H26N2O5/c1-6-22-8-7-15(4,5)17(11-18)14(21)16(9-12(2)3)10-13(19)20/h9,11H,6-8,10H2,1-5H3,(H,19,20). The van der Waals surface area contributed by atoms with Crippen molar-refractivity contribution in [3.05, 3.63) is 11.8 Å². The summed E-state index contributed by atoms with van der Waals surface area (Å²) in [4.78, 5) is 36.8. The van der Waals surface area contributed by atoms with Gasteiger partial charge < -0.3 is 9.84 Å². The van der Waals surface area contributed by atoms with Gasteiger partial charge in [-0.15, -0.1) is 0 Å². The Balaban J connectivity index is 5.23. The van der Waals surface area contributed by atoms with Crippen molar-refractivity contribution in [2.75, 3.05) is 19.8 Å². The average molecular weight is 314 g/mol. The summed E-state index contributed by atoms with van der Waals surface area (Å²) < 4.78 is 5.26. The summed E-state index contributed by atoms with van der Waals surface area (Å²) >= 11 is 0. The molecule has 126 valence electrons. The van der Waals surface area contributed by atoms with Gasteiger partial charge in [-0.25, -0.2) is 4.79 Å². The Hall–Kier alpha value is -1.89. The van der Waals surface area contributed by atoms with Gasteiger partial charge in [0.1, 0.15) is 6.54 Å². The third kappa shape index (κ3) is 6.71. The van der Waals surface area contributed by atoms with Crippen LogP contribution in [-0.4, -0.2) is 58.6 Å². The van der Waals surface area contributed by atoms with Crippen LogP contribution < -0.4 is 0 Å². The lowest BCUT2D eigenvalue weighted by atomic mass is 9.99. The van der Waals surface area contributed by atoms with Crippen molar-refractivity contribution >= 4 is 18.4 Å². The van der Waals surface area contributed by atoms with Gasteiger partial charge in [0, 0.05) is 25.0 Å². The summed E-state index contributed by atoms with van der Waals surface area (Å²) in [6.45, 7) is 9.27. The Labute approximate surface area is 131 Å². The lowest BCUT2D eigenvalue weighted by Crippen LogP contribution is -2.52. The summed E-state index contributed by atoms with van der Waals surface area (Å²) in [5, 5.41) is 8.93. The van der Waals surface area contributed by atoms with Gasteiger partial charge in [-0.3, -0.25) is 19.4 Å². The topological polar surface area (TPSA) is 87.2 Å². The molecule has 0 aliphatic carbocycles. The number of aliphatic carboxylic acids is 1. The maximum absolute atomic E-state index is 12.5. The van der Waals surface area contributed by atoms with Crippen molar-refractivity contribution < 1.29 is 24.2 Å². The molecule has 0 saturated carbocycles. The van der Waals surface area contributed by atoms with Gasteiger partial charge in [0.2, 0.25) is 6.41 Å². The van der Waals surface area contributed by atoms with E-state index in [0.717, 1.165) is 15.4 Å². The molecule has 0 saturated heterocycles. The minimum atomic E-state index is -1.15. The molecule has 0 aromatic rings. The summed E-state index contributed by atoms with van der Waals surface area (Å²) in [7, 11) is 0. The molecule has 0 aromatic heterocycles. The molecule has 0 radical (unpaired) electrons. The molecule has 0 aliphatic heterocycles. The van der Waals surface area contributed by atoms with Gasteiger partial charge >= 0.3 is 12.0 Å². The van der Waals surface area contributed by atoms with Crippen molar-refractivity contribution in [1.82, 2.24) is 9.80 Å². The van der Waals surface area contributed by atoms with Crippen LogP contribution in [0.2, 0.25) is 0 Å². The van der Waals surface area contributed by atoms with E-state index in [1.54, 1.807) is 27.7 Å². The van der Waals surface area contributed by atoms with Crippen LogP contribution in [0.4, 0.5) is 4.79 Å². The molecule has 7 heteroatoms. The van der Waals surface area contributed by atoms with Gasteiger partial charge in [-0.2, -0.15) is 0 Å². The number of allylic oxidation sites excluding steroid dienone is 1. The second-order valence-corrected chi connectivity index (χ2v) is 5.75. The zero-order chi connectivity index (χ0) is 17.3. The van der Waals surface area contributed by atoms with E-state index in [1.807, 2.05) is 6.92 Å². The first-order valence-electron chi connectivity index (χ1n) is 7.15. The smallest absolute Gasteiger partial charge is 0.331 e. The minimum absolute atomic E-state index is 0.405. The van der Waals surface area contributed by atoms with Gasteiger partial charge in [0.15, 0.2) is 0 Å². The fraction of sp³-hybridized carbons (Fsp3) is 0.667. The van der Waals surface area contributed by atoms with E-state index >= 15 is 0 Å². The van der Waals surface area contributed by atoms with Crippen LogP contribution in [-0.2, 0) is 14.3 Å². The molecule has 0 fully saturated rings. The number of carboxylic acids is 1. The number of nitrogens with zero attached hydrogens (tertiary/aromatic N) is 2. The average Bonchev–Trinajstić information content (AvgIpc) is 2.37. The SMILES string of the molecule is CCOCCC(C)(C)N(C=O)C(=O)N(C=C(C)C)CC(=O)O. The first-order valence-corrected chi connectivity index (χ1v) is 7.15. The van der Waals surface area contributed by atoms with Crippen LogP contribution >= 0.6 is 0 Å². The highest BCUT2D eigenvalue weighted by molar-refractivity contribution is 5.88. The van der Waals surface area contributed by atoms with E-state index in [1.165, 1.54) is 6.20 Å². The van der Waals surface area contributed by atoms with Crippen molar-refractivity contribution in [3.63, 3.8) is 0 Å². The molecule has 0 heterocycles. The molecule has 0 aromatic carbocycles. The van der Waals surface area contributed by atoms with Gasteiger partial charge in [-0.1, -0.05) is 5.57 Å². The van der Waals surface area contributed by atoms with Crippen LogP contribution in [0, 0.1) is 0 Å². The van der Waals surface area contributed by atoms with Crippen molar-refractivity contribution in [2.24, 2.45) is 0 Å². The third-order valence-corrected chi connectivity index (χ3v) is 2.99. The number of carbonyl (C=O) groups is 3. The van der Waals surface area contributed by atoms with Crippen LogP contribution in [0.3, 0.4) is 0 Å². The lowest BCUT2D eigenvalue weighted by Gasteiger charge is -2.36. The normalized spacial score (nSPS) is 10.8. The van der Waals surface area contributed by atoms with E-state index < -0.39 is 24.1 Å². The number of hydrogen-bond acceptors (Lipinski definition) is 4. The van der Waals surface area contributed by atoms with Crippen molar-refractivity contribution in [3.8, 4) is 0 Å². The van der Waals surface area contributed by atoms with Crippen LogP contribution in [0.25, 0.3) is 0 Å². The van der Waals surface area contributed by atoms with Crippen LogP contribution in [0.15, 0.2) is 11.8 Å². The summed E-state index contributed by atoms with van der Waals surface area (Å²) in [6, 6.07) is -0.667. The molecule has 0 aliphatic rings. The Morgan fingerprint density at radius 1 is 1.27 bits per heavy atom. The molecule has 0 bridgehead atoms. The molecule has 22 heavy (non-hydrogen) atoms. The largest absolute Gasteiger partial charge is 0.480 e. The summed E-state index contributed by atoms with van der Waals surface area (Å²) in [5.74, 6) is -1.15. The zero-order valence-electron chi connectivity index (χ0n) is 14.0. The third-order valence-electron chi connectivity index (χ3n) is 2.99. The zero-order valence-corrected chi connectivity index (χ0v) is 14.0. The molecule has 0 rings (SSSR count). The Morgan fingerprint density at radius 3 is 2.27 bits per heavy atom. The number of hydrogen-bond donors (Lipinski definition) is 1. The van der Waals surface area contributed by atoms with E-state index in [4.69, 9.17) is 9.84 Å². The quantitative estimate of drug-likeness (QED) is 0.520. The van der Waals surface area contributed by atoms with Gasteiger partial charge in [-0.05, 0) is 41.0 Å².